The van der Waals surface area contributed by atoms with Crippen molar-refractivity contribution in [2.75, 3.05) is 21.3 Å². The number of rotatable bonds is 2. The fourth-order valence-corrected chi connectivity index (χ4v) is 1.22. The number of methoxy groups -OCH3 is 3. The largest absolute Gasteiger partial charge is 0.496 e. The van der Waals surface area contributed by atoms with Gasteiger partial charge in [0.2, 0.25) is 0 Å². The highest BCUT2D eigenvalue weighted by Crippen LogP contribution is 2.20. The van der Waals surface area contributed by atoms with E-state index in [1.165, 1.54) is 27.4 Å². The van der Waals surface area contributed by atoms with Gasteiger partial charge in [0.15, 0.2) is 0 Å². The molecule has 5 nitrogen and oxygen atoms in total. The minimum absolute atomic E-state index is 0.295. The van der Waals surface area contributed by atoms with Gasteiger partial charge in [-0.15, -0.1) is 0 Å². The van der Waals surface area contributed by atoms with Crippen LogP contribution in [0.4, 0.5) is 0 Å². The van der Waals surface area contributed by atoms with Crippen molar-refractivity contribution in [2.45, 2.75) is 0 Å². The monoisotopic (exact) mass is 248 g/mol. The van der Waals surface area contributed by atoms with Gasteiger partial charge in [-0.1, -0.05) is 5.92 Å². The Balaban J connectivity index is 3.08. The van der Waals surface area contributed by atoms with Crippen LogP contribution >= 0.6 is 0 Å². The summed E-state index contributed by atoms with van der Waals surface area (Å²) in [5.41, 5.74) is 0.827. The number of carbonyl (C=O) groups excluding carboxylic acids is 2. The van der Waals surface area contributed by atoms with Crippen LogP contribution in [0.5, 0.6) is 5.75 Å². The average molecular weight is 248 g/mol. The Hall–Kier alpha value is -2.48. The Labute approximate surface area is 105 Å². The molecule has 18 heavy (non-hydrogen) atoms. The van der Waals surface area contributed by atoms with Crippen molar-refractivity contribution in [1.29, 1.82) is 0 Å². The van der Waals surface area contributed by atoms with Crippen LogP contribution < -0.4 is 4.74 Å². The SMILES string of the molecule is COC(=O)C#Cc1ccc(C(=O)OC)c(OC)c1. The summed E-state index contributed by atoms with van der Waals surface area (Å²) in [5.74, 6) is 4.08. The summed E-state index contributed by atoms with van der Waals surface area (Å²) >= 11 is 0. The van der Waals surface area contributed by atoms with Crippen LogP contribution in [0, 0.1) is 11.8 Å². The van der Waals surface area contributed by atoms with Gasteiger partial charge >= 0.3 is 11.9 Å². The van der Waals surface area contributed by atoms with Gasteiger partial charge in [-0.3, -0.25) is 0 Å². The van der Waals surface area contributed by atoms with Crippen LogP contribution in [-0.2, 0) is 14.3 Å². The molecule has 0 spiro atoms. The molecule has 0 aromatic heterocycles. The summed E-state index contributed by atoms with van der Waals surface area (Å²) in [7, 11) is 3.96. The fraction of sp³-hybridized carbons (Fsp3) is 0.231. The molecule has 94 valence electrons. The maximum atomic E-state index is 11.4. The van der Waals surface area contributed by atoms with Crippen LogP contribution in [0.15, 0.2) is 18.2 Å². The van der Waals surface area contributed by atoms with Crippen molar-refractivity contribution in [3.8, 4) is 17.6 Å². The number of hydrogen-bond donors (Lipinski definition) is 0. The summed E-state index contributed by atoms with van der Waals surface area (Å²) in [4.78, 5) is 22.3. The molecule has 1 aromatic carbocycles. The molecule has 0 aliphatic carbocycles. The highest BCUT2D eigenvalue weighted by Gasteiger charge is 2.12. The molecule has 1 aromatic rings. The number of ether oxygens (including phenoxy) is 3. The van der Waals surface area contributed by atoms with E-state index in [0.717, 1.165) is 0 Å². The summed E-state index contributed by atoms with van der Waals surface area (Å²) in [6.45, 7) is 0. The molecule has 0 bridgehead atoms. The zero-order valence-corrected chi connectivity index (χ0v) is 10.3. The molecule has 0 heterocycles. The first kappa shape index (κ1) is 13.6. The van der Waals surface area contributed by atoms with Crippen molar-refractivity contribution >= 4 is 11.9 Å². The normalized spacial score (nSPS) is 8.83. The summed E-state index contributed by atoms with van der Waals surface area (Å²) in [6.07, 6.45) is 0. The van der Waals surface area contributed by atoms with Crippen LogP contribution in [0.2, 0.25) is 0 Å². The standard InChI is InChI=1S/C13H12O5/c1-16-11-8-9(5-7-12(14)17-2)4-6-10(11)13(15)18-3/h4,6,8H,1-3H3. The third kappa shape index (κ3) is 3.25. The van der Waals surface area contributed by atoms with E-state index >= 15 is 0 Å². The molecule has 0 aliphatic heterocycles. The molecule has 0 radical (unpaired) electrons. The molecular formula is C13H12O5. The van der Waals surface area contributed by atoms with Crippen molar-refractivity contribution < 1.29 is 23.8 Å². The maximum absolute atomic E-state index is 11.4. The molecule has 0 unspecified atom stereocenters. The van der Waals surface area contributed by atoms with E-state index in [9.17, 15) is 9.59 Å². The smallest absolute Gasteiger partial charge is 0.384 e. The van der Waals surface area contributed by atoms with E-state index in [1.807, 2.05) is 0 Å². The fourth-order valence-electron chi connectivity index (χ4n) is 1.22. The third-order valence-corrected chi connectivity index (χ3v) is 2.10. The Morgan fingerprint density at radius 3 is 2.39 bits per heavy atom. The van der Waals surface area contributed by atoms with Gasteiger partial charge in [0.25, 0.3) is 0 Å². The van der Waals surface area contributed by atoms with Gasteiger partial charge in [-0.2, -0.15) is 0 Å². The Bertz CT molecular complexity index is 522. The lowest BCUT2D eigenvalue weighted by atomic mass is 10.1. The highest BCUT2D eigenvalue weighted by atomic mass is 16.5. The van der Waals surface area contributed by atoms with Crippen LogP contribution in [0.25, 0.3) is 0 Å². The van der Waals surface area contributed by atoms with Gasteiger partial charge in [-0.25, -0.2) is 9.59 Å². The van der Waals surface area contributed by atoms with Gasteiger partial charge in [0.05, 0.1) is 21.3 Å². The number of carbonyl (C=O) groups is 2. The third-order valence-electron chi connectivity index (χ3n) is 2.10. The Morgan fingerprint density at radius 2 is 1.83 bits per heavy atom. The minimum atomic E-state index is -0.633. The van der Waals surface area contributed by atoms with E-state index < -0.39 is 11.9 Å². The predicted octanol–water partition coefficient (Wildman–Crippen LogP) is 1.01. The molecule has 0 atom stereocenters. The van der Waals surface area contributed by atoms with E-state index in [-0.39, 0.29) is 0 Å². The van der Waals surface area contributed by atoms with Gasteiger partial charge in [0.1, 0.15) is 11.3 Å². The number of esters is 2. The second kappa shape index (κ2) is 6.30. The van der Waals surface area contributed by atoms with E-state index in [0.29, 0.717) is 16.9 Å². The van der Waals surface area contributed by atoms with Crippen LogP contribution in [0.3, 0.4) is 0 Å². The van der Waals surface area contributed by atoms with Crippen molar-refractivity contribution in [3.63, 3.8) is 0 Å². The van der Waals surface area contributed by atoms with Crippen LogP contribution in [0.1, 0.15) is 15.9 Å². The van der Waals surface area contributed by atoms with Gasteiger partial charge < -0.3 is 14.2 Å². The average Bonchev–Trinajstić information content (AvgIpc) is 2.43. The summed E-state index contributed by atoms with van der Waals surface area (Å²) in [6, 6.07) is 4.65. The quantitative estimate of drug-likeness (QED) is 0.577. The molecule has 0 N–H and O–H groups in total. The molecular weight excluding hydrogens is 236 g/mol. The molecule has 0 fully saturated rings. The van der Waals surface area contributed by atoms with Gasteiger partial charge in [0, 0.05) is 11.5 Å². The topological polar surface area (TPSA) is 61.8 Å². The maximum Gasteiger partial charge on any atom is 0.384 e. The lowest BCUT2D eigenvalue weighted by Crippen LogP contribution is -2.04. The Kier molecular flexibility index (Phi) is 4.76. The zero-order chi connectivity index (χ0) is 13.5. The highest BCUT2D eigenvalue weighted by molar-refractivity contribution is 5.93. The van der Waals surface area contributed by atoms with Crippen molar-refractivity contribution in [2.24, 2.45) is 0 Å². The van der Waals surface area contributed by atoms with Gasteiger partial charge in [-0.05, 0) is 18.2 Å². The molecule has 0 saturated carbocycles. The summed E-state index contributed by atoms with van der Waals surface area (Å²) < 4.78 is 14.1. The Morgan fingerprint density at radius 1 is 1.11 bits per heavy atom. The number of hydrogen-bond acceptors (Lipinski definition) is 5. The van der Waals surface area contributed by atoms with E-state index in [4.69, 9.17) is 4.74 Å². The molecule has 0 amide bonds. The van der Waals surface area contributed by atoms with E-state index in [1.54, 1.807) is 12.1 Å². The van der Waals surface area contributed by atoms with Crippen molar-refractivity contribution in [3.05, 3.63) is 29.3 Å². The first-order valence-corrected chi connectivity index (χ1v) is 4.98. The zero-order valence-electron chi connectivity index (χ0n) is 10.3. The molecule has 0 saturated heterocycles. The lowest BCUT2D eigenvalue weighted by molar-refractivity contribution is -0.133. The molecule has 1 rings (SSSR count). The molecule has 5 heteroatoms. The molecule has 0 aliphatic rings. The lowest BCUT2D eigenvalue weighted by Gasteiger charge is -2.06. The van der Waals surface area contributed by atoms with Crippen molar-refractivity contribution in [1.82, 2.24) is 0 Å². The van der Waals surface area contributed by atoms with Crippen LogP contribution in [-0.4, -0.2) is 33.3 Å². The summed E-state index contributed by atoms with van der Waals surface area (Å²) in [5, 5.41) is 0. The van der Waals surface area contributed by atoms with E-state index in [2.05, 4.69) is 21.3 Å². The first-order chi connectivity index (χ1) is 8.62. The predicted molar refractivity (Wildman–Crippen MR) is 63.2 cm³/mol. The first-order valence-electron chi connectivity index (χ1n) is 4.98. The number of benzene rings is 1. The second-order valence-electron chi connectivity index (χ2n) is 3.15. The second-order valence-corrected chi connectivity index (χ2v) is 3.15. The minimum Gasteiger partial charge on any atom is -0.496 e.